The molecule has 0 aliphatic carbocycles. The molecule has 7 nitrogen and oxygen atoms in total. The molecular formula is C18H27IN4O3. The standard InChI is InChI=1S/C18H26N4O3.HI/c1-3-17(23)22-9-8-13(11-22)21-18(19-2)20-10-14-12-24-15-6-4-5-7-16(15)25-14;/h4-7,13-14H,3,8-12H2,1-2H3,(H2,19,20,21);1H. The molecule has 1 fully saturated rings. The van der Waals surface area contributed by atoms with Crippen LogP contribution in [0.5, 0.6) is 11.5 Å². The molecule has 0 spiro atoms. The number of fused-ring (bicyclic) bond motifs is 1. The van der Waals surface area contributed by atoms with Gasteiger partial charge in [0, 0.05) is 32.6 Å². The summed E-state index contributed by atoms with van der Waals surface area (Å²) in [5, 5.41) is 6.67. The molecule has 0 saturated carbocycles. The van der Waals surface area contributed by atoms with Crippen LogP contribution in [0.25, 0.3) is 0 Å². The Balaban J connectivity index is 0.00000243. The zero-order valence-corrected chi connectivity index (χ0v) is 17.6. The first-order valence-electron chi connectivity index (χ1n) is 8.83. The average Bonchev–Trinajstić information content (AvgIpc) is 3.12. The van der Waals surface area contributed by atoms with E-state index in [9.17, 15) is 4.79 Å². The maximum atomic E-state index is 11.8. The first kappa shape index (κ1) is 20.6. The fourth-order valence-electron chi connectivity index (χ4n) is 3.09. The summed E-state index contributed by atoms with van der Waals surface area (Å²) in [6, 6.07) is 7.91. The molecule has 1 saturated heterocycles. The number of halogens is 1. The van der Waals surface area contributed by atoms with Gasteiger partial charge in [0.05, 0.1) is 6.54 Å². The lowest BCUT2D eigenvalue weighted by Crippen LogP contribution is -2.49. The molecule has 26 heavy (non-hydrogen) atoms. The zero-order chi connectivity index (χ0) is 17.6. The fraction of sp³-hybridized carbons (Fsp3) is 0.556. The second-order valence-corrected chi connectivity index (χ2v) is 6.27. The van der Waals surface area contributed by atoms with Crippen LogP contribution in [-0.2, 0) is 4.79 Å². The van der Waals surface area contributed by atoms with Crippen molar-refractivity contribution in [2.24, 2.45) is 4.99 Å². The number of aliphatic imine (C=N–C) groups is 1. The van der Waals surface area contributed by atoms with Crippen LogP contribution in [0.4, 0.5) is 0 Å². The van der Waals surface area contributed by atoms with Gasteiger partial charge in [-0.3, -0.25) is 9.79 Å². The summed E-state index contributed by atoms with van der Waals surface area (Å²) >= 11 is 0. The van der Waals surface area contributed by atoms with Gasteiger partial charge in [0.2, 0.25) is 5.91 Å². The van der Waals surface area contributed by atoms with Gasteiger partial charge in [0.1, 0.15) is 12.7 Å². The molecule has 3 rings (SSSR count). The van der Waals surface area contributed by atoms with E-state index in [1.807, 2.05) is 36.1 Å². The summed E-state index contributed by atoms with van der Waals surface area (Å²) in [6.45, 7) is 4.52. The van der Waals surface area contributed by atoms with Crippen molar-refractivity contribution in [3.63, 3.8) is 0 Å². The van der Waals surface area contributed by atoms with Crippen LogP contribution < -0.4 is 20.1 Å². The largest absolute Gasteiger partial charge is 0.486 e. The fourth-order valence-corrected chi connectivity index (χ4v) is 3.09. The van der Waals surface area contributed by atoms with Crippen molar-refractivity contribution >= 4 is 35.8 Å². The lowest BCUT2D eigenvalue weighted by Gasteiger charge is -2.27. The molecule has 2 heterocycles. The van der Waals surface area contributed by atoms with Crippen molar-refractivity contribution in [1.82, 2.24) is 15.5 Å². The van der Waals surface area contributed by atoms with Crippen molar-refractivity contribution in [2.75, 3.05) is 33.3 Å². The van der Waals surface area contributed by atoms with E-state index in [-0.39, 0.29) is 42.0 Å². The predicted octanol–water partition coefficient (Wildman–Crippen LogP) is 1.62. The van der Waals surface area contributed by atoms with E-state index < -0.39 is 0 Å². The van der Waals surface area contributed by atoms with Crippen LogP contribution in [0.2, 0.25) is 0 Å². The molecule has 0 aromatic heterocycles. The molecule has 144 valence electrons. The van der Waals surface area contributed by atoms with Crippen LogP contribution in [0.3, 0.4) is 0 Å². The Labute approximate surface area is 171 Å². The zero-order valence-electron chi connectivity index (χ0n) is 15.2. The van der Waals surface area contributed by atoms with Crippen molar-refractivity contribution in [3.05, 3.63) is 24.3 Å². The molecule has 0 radical (unpaired) electrons. The highest BCUT2D eigenvalue weighted by Crippen LogP contribution is 2.30. The molecule has 2 atom stereocenters. The highest BCUT2D eigenvalue weighted by atomic mass is 127. The van der Waals surface area contributed by atoms with Gasteiger partial charge in [-0.2, -0.15) is 0 Å². The summed E-state index contributed by atoms with van der Waals surface area (Å²) < 4.78 is 11.7. The summed E-state index contributed by atoms with van der Waals surface area (Å²) in [6.07, 6.45) is 1.42. The molecule has 1 aromatic rings. The van der Waals surface area contributed by atoms with Crippen LogP contribution >= 0.6 is 24.0 Å². The summed E-state index contributed by atoms with van der Waals surface area (Å²) in [4.78, 5) is 17.9. The normalized spacial score (nSPS) is 21.8. The molecule has 8 heteroatoms. The molecule has 2 aliphatic heterocycles. The minimum atomic E-state index is -0.0739. The first-order valence-corrected chi connectivity index (χ1v) is 8.83. The number of hydrogen-bond donors (Lipinski definition) is 2. The van der Waals surface area contributed by atoms with Gasteiger partial charge in [-0.25, -0.2) is 0 Å². The summed E-state index contributed by atoms with van der Waals surface area (Å²) in [7, 11) is 1.74. The Morgan fingerprint density at radius 1 is 1.35 bits per heavy atom. The Hall–Kier alpha value is -1.71. The highest BCUT2D eigenvalue weighted by molar-refractivity contribution is 14.0. The Morgan fingerprint density at radius 3 is 2.85 bits per heavy atom. The van der Waals surface area contributed by atoms with Gasteiger partial charge in [-0.05, 0) is 18.6 Å². The molecule has 1 amide bonds. The van der Waals surface area contributed by atoms with Crippen LogP contribution in [0.15, 0.2) is 29.3 Å². The Bertz CT molecular complexity index is 641. The molecular weight excluding hydrogens is 447 g/mol. The molecule has 2 unspecified atom stereocenters. The van der Waals surface area contributed by atoms with Crippen molar-refractivity contribution < 1.29 is 14.3 Å². The number of benzene rings is 1. The molecule has 1 aromatic carbocycles. The third-order valence-corrected chi connectivity index (χ3v) is 4.47. The van der Waals surface area contributed by atoms with Gasteiger partial charge < -0.3 is 25.0 Å². The maximum absolute atomic E-state index is 11.8. The van der Waals surface area contributed by atoms with Crippen LogP contribution in [0.1, 0.15) is 19.8 Å². The van der Waals surface area contributed by atoms with Gasteiger partial charge in [-0.15, -0.1) is 24.0 Å². The minimum absolute atomic E-state index is 0. The Morgan fingerprint density at radius 2 is 2.12 bits per heavy atom. The number of likely N-dealkylation sites (tertiary alicyclic amines) is 1. The highest BCUT2D eigenvalue weighted by Gasteiger charge is 2.26. The predicted molar refractivity (Wildman–Crippen MR) is 112 cm³/mol. The van der Waals surface area contributed by atoms with Gasteiger partial charge in [0.15, 0.2) is 17.5 Å². The van der Waals surface area contributed by atoms with E-state index in [4.69, 9.17) is 9.47 Å². The van der Waals surface area contributed by atoms with Gasteiger partial charge in [-0.1, -0.05) is 19.1 Å². The quantitative estimate of drug-likeness (QED) is 0.394. The number of amides is 1. The van der Waals surface area contributed by atoms with Crippen LogP contribution in [0, 0.1) is 0 Å². The van der Waals surface area contributed by atoms with E-state index in [1.54, 1.807) is 7.05 Å². The number of rotatable bonds is 4. The number of nitrogens with one attached hydrogen (secondary N) is 2. The second kappa shape index (κ2) is 9.84. The topological polar surface area (TPSA) is 75.2 Å². The molecule has 2 aliphatic rings. The van der Waals surface area contributed by atoms with E-state index in [2.05, 4.69) is 15.6 Å². The van der Waals surface area contributed by atoms with E-state index in [0.29, 0.717) is 19.6 Å². The summed E-state index contributed by atoms with van der Waals surface area (Å²) in [5.41, 5.74) is 0. The monoisotopic (exact) mass is 474 g/mol. The number of carbonyl (C=O) groups is 1. The Kier molecular flexibility index (Phi) is 7.80. The number of ether oxygens (including phenoxy) is 2. The number of para-hydroxylation sites is 2. The van der Waals surface area contributed by atoms with E-state index in [1.165, 1.54) is 0 Å². The smallest absolute Gasteiger partial charge is 0.222 e. The number of carbonyl (C=O) groups excluding carboxylic acids is 1. The number of guanidine groups is 1. The van der Waals surface area contributed by atoms with E-state index >= 15 is 0 Å². The van der Waals surface area contributed by atoms with Crippen molar-refractivity contribution in [2.45, 2.75) is 31.9 Å². The number of nitrogens with zero attached hydrogens (tertiary/aromatic N) is 2. The van der Waals surface area contributed by atoms with Gasteiger partial charge >= 0.3 is 0 Å². The number of hydrogen-bond acceptors (Lipinski definition) is 4. The van der Waals surface area contributed by atoms with Crippen LogP contribution in [-0.4, -0.2) is 62.2 Å². The van der Waals surface area contributed by atoms with Gasteiger partial charge in [0.25, 0.3) is 0 Å². The third kappa shape index (κ3) is 5.15. The summed E-state index contributed by atoms with van der Waals surface area (Å²) in [5.74, 6) is 2.48. The third-order valence-electron chi connectivity index (χ3n) is 4.47. The lowest BCUT2D eigenvalue weighted by molar-refractivity contribution is -0.129. The first-order chi connectivity index (χ1) is 12.2. The minimum Gasteiger partial charge on any atom is -0.486 e. The average molecular weight is 474 g/mol. The molecule has 2 N–H and O–H groups in total. The SMILES string of the molecule is CCC(=O)N1CCC(NC(=NC)NCC2COc3ccccc3O2)C1.I. The van der Waals surface area contributed by atoms with E-state index in [0.717, 1.165) is 37.0 Å². The second-order valence-electron chi connectivity index (χ2n) is 6.27. The van der Waals surface area contributed by atoms with Crippen molar-refractivity contribution in [3.8, 4) is 11.5 Å². The molecule has 0 bridgehead atoms. The van der Waals surface area contributed by atoms with Crippen molar-refractivity contribution in [1.29, 1.82) is 0 Å². The maximum Gasteiger partial charge on any atom is 0.222 e. The lowest BCUT2D eigenvalue weighted by atomic mass is 10.2.